The van der Waals surface area contributed by atoms with Crippen molar-refractivity contribution in [2.75, 3.05) is 39.3 Å². The quantitative estimate of drug-likeness (QED) is 0.829. The number of aliphatic hydroxyl groups excluding tert-OH is 1. The van der Waals surface area contributed by atoms with Crippen LogP contribution in [-0.2, 0) is 6.54 Å². The summed E-state index contributed by atoms with van der Waals surface area (Å²) in [7, 11) is 0. The van der Waals surface area contributed by atoms with Crippen LogP contribution in [0.15, 0.2) is 48.5 Å². The number of piperazine rings is 1. The first-order valence-corrected chi connectivity index (χ1v) is 9.47. The Balaban J connectivity index is 1.38. The fourth-order valence-corrected chi connectivity index (χ4v) is 3.34. The molecule has 26 heavy (non-hydrogen) atoms. The number of hydrogen-bond donors (Lipinski definition) is 1. The van der Waals surface area contributed by atoms with Crippen LogP contribution in [0.3, 0.4) is 0 Å². The van der Waals surface area contributed by atoms with E-state index in [0.717, 1.165) is 44.0 Å². The molecule has 2 aromatic rings. The first-order valence-electron chi connectivity index (χ1n) is 9.47. The van der Waals surface area contributed by atoms with Crippen molar-refractivity contribution in [3.05, 3.63) is 65.2 Å². The smallest absolute Gasteiger partial charge is 0.122 e. The molecule has 3 rings (SSSR count). The number of hydrogen-bond acceptors (Lipinski definition) is 4. The summed E-state index contributed by atoms with van der Waals surface area (Å²) in [6, 6.07) is 16.7. The maximum atomic E-state index is 10.3. The van der Waals surface area contributed by atoms with Gasteiger partial charge in [-0.25, -0.2) is 0 Å². The van der Waals surface area contributed by atoms with Crippen molar-refractivity contribution in [2.24, 2.45) is 0 Å². The molecule has 1 saturated heterocycles. The molecule has 0 bridgehead atoms. The fraction of sp³-hybridized carbons (Fsp3) is 0.455. The summed E-state index contributed by atoms with van der Waals surface area (Å²) in [5, 5.41) is 10.3. The van der Waals surface area contributed by atoms with Gasteiger partial charge >= 0.3 is 0 Å². The number of nitrogens with zero attached hydrogens (tertiary/aromatic N) is 2. The average molecular weight is 354 g/mol. The predicted octanol–water partition coefficient (Wildman–Crippen LogP) is 2.86. The lowest BCUT2D eigenvalue weighted by atomic mass is 10.1. The standard InChI is InChI=1S/C22H30N2O2/c1-18-7-9-20(10-8-18)15-23-11-13-24(14-12-23)16-21(25)17-26-22-6-4-3-5-19(22)2/h3-10,21,25H,11-17H2,1-2H3. The first-order chi connectivity index (χ1) is 12.6. The highest BCUT2D eigenvalue weighted by atomic mass is 16.5. The third kappa shape index (κ3) is 5.56. The van der Waals surface area contributed by atoms with Gasteiger partial charge in [0.15, 0.2) is 0 Å². The summed E-state index contributed by atoms with van der Waals surface area (Å²) >= 11 is 0. The van der Waals surface area contributed by atoms with Crippen molar-refractivity contribution in [2.45, 2.75) is 26.5 Å². The highest BCUT2D eigenvalue weighted by Gasteiger charge is 2.19. The molecule has 1 atom stereocenters. The number of β-amino-alcohol motifs (C(OH)–C–C–N with tert-alkyl or cyclic N) is 1. The SMILES string of the molecule is Cc1ccc(CN2CCN(CC(O)COc3ccccc3C)CC2)cc1. The number of rotatable bonds is 7. The zero-order valence-corrected chi connectivity index (χ0v) is 15.9. The molecule has 1 aliphatic heterocycles. The highest BCUT2D eigenvalue weighted by Crippen LogP contribution is 2.16. The van der Waals surface area contributed by atoms with Crippen LogP contribution in [0.4, 0.5) is 0 Å². The Kier molecular flexibility index (Phi) is 6.67. The third-order valence-electron chi connectivity index (χ3n) is 4.99. The van der Waals surface area contributed by atoms with Crippen molar-refractivity contribution in [3.8, 4) is 5.75 Å². The molecular weight excluding hydrogens is 324 g/mol. The lowest BCUT2D eigenvalue weighted by Crippen LogP contribution is -2.48. The van der Waals surface area contributed by atoms with Gasteiger partial charge in [0.05, 0.1) is 0 Å². The maximum Gasteiger partial charge on any atom is 0.122 e. The van der Waals surface area contributed by atoms with E-state index in [-0.39, 0.29) is 0 Å². The Hall–Kier alpha value is -1.88. The van der Waals surface area contributed by atoms with E-state index in [1.807, 2.05) is 31.2 Å². The van der Waals surface area contributed by atoms with Gasteiger partial charge in [-0.05, 0) is 31.0 Å². The molecule has 0 amide bonds. The van der Waals surface area contributed by atoms with E-state index in [1.54, 1.807) is 0 Å². The number of aryl methyl sites for hydroxylation is 2. The fourth-order valence-electron chi connectivity index (χ4n) is 3.34. The van der Waals surface area contributed by atoms with Gasteiger partial charge in [0.1, 0.15) is 18.5 Å². The Morgan fingerprint density at radius 2 is 1.58 bits per heavy atom. The van der Waals surface area contributed by atoms with E-state index in [9.17, 15) is 5.11 Å². The summed E-state index contributed by atoms with van der Waals surface area (Å²) in [5.74, 6) is 0.856. The first kappa shape index (κ1) is 18.9. The summed E-state index contributed by atoms with van der Waals surface area (Å²) in [6.45, 7) is 10.2. The molecule has 0 spiro atoms. The second-order valence-electron chi connectivity index (χ2n) is 7.29. The molecule has 1 aliphatic rings. The van der Waals surface area contributed by atoms with Crippen molar-refractivity contribution in [1.82, 2.24) is 9.80 Å². The van der Waals surface area contributed by atoms with E-state index < -0.39 is 6.10 Å². The monoisotopic (exact) mass is 354 g/mol. The zero-order chi connectivity index (χ0) is 18.4. The van der Waals surface area contributed by atoms with Crippen LogP contribution in [0, 0.1) is 13.8 Å². The largest absolute Gasteiger partial charge is 0.491 e. The molecule has 1 N–H and O–H groups in total. The zero-order valence-electron chi connectivity index (χ0n) is 15.9. The predicted molar refractivity (Wildman–Crippen MR) is 106 cm³/mol. The molecule has 1 unspecified atom stereocenters. The molecule has 0 saturated carbocycles. The summed E-state index contributed by atoms with van der Waals surface area (Å²) < 4.78 is 5.76. The van der Waals surface area contributed by atoms with Gasteiger partial charge in [0.2, 0.25) is 0 Å². The molecule has 1 fully saturated rings. The summed E-state index contributed by atoms with van der Waals surface area (Å²) in [5.41, 5.74) is 3.78. The van der Waals surface area contributed by atoms with Gasteiger partial charge in [-0.3, -0.25) is 9.80 Å². The van der Waals surface area contributed by atoms with Gasteiger partial charge in [0.25, 0.3) is 0 Å². The normalized spacial score (nSPS) is 17.2. The number of ether oxygens (including phenoxy) is 1. The number of aliphatic hydroxyl groups is 1. The van der Waals surface area contributed by atoms with Gasteiger partial charge < -0.3 is 9.84 Å². The van der Waals surface area contributed by atoms with Crippen LogP contribution in [0.1, 0.15) is 16.7 Å². The van der Waals surface area contributed by atoms with Crippen molar-refractivity contribution in [3.63, 3.8) is 0 Å². The van der Waals surface area contributed by atoms with Crippen molar-refractivity contribution >= 4 is 0 Å². The molecule has 0 aromatic heterocycles. The van der Waals surface area contributed by atoms with Crippen LogP contribution in [-0.4, -0.2) is 60.3 Å². The number of benzene rings is 2. The van der Waals surface area contributed by atoms with Gasteiger partial charge in [-0.1, -0.05) is 48.0 Å². The van der Waals surface area contributed by atoms with E-state index in [2.05, 4.69) is 41.0 Å². The lowest BCUT2D eigenvalue weighted by Gasteiger charge is -2.35. The Morgan fingerprint density at radius 3 is 2.27 bits per heavy atom. The Bertz CT molecular complexity index is 679. The summed E-state index contributed by atoms with van der Waals surface area (Å²) in [6.07, 6.45) is -0.460. The van der Waals surface area contributed by atoms with Gasteiger partial charge in [-0.15, -0.1) is 0 Å². The molecule has 4 nitrogen and oxygen atoms in total. The molecular formula is C22H30N2O2. The Labute approximate surface area is 157 Å². The molecule has 140 valence electrons. The third-order valence-corrected chi connectivity index (χ3v) is 4.99. The average Bonchev–Trinajstić information content (AvgIpc) is 2.64. The molecule has 1 heterocycles. The molecule has 0 aliphatic carbocycles. The van der Waals surface area contributed by atoms with Crippen LogP contribution in [0.5, 0.6) is 5.75 Å². The minimum atomic E-state index is -0.460. The van der Waals surface area contributed by atoms with E-state index in [4.69, 9.17) is 4.74 Å². The number of para-hydroxylation sites is 1. The van der Waals surface area contributed by atoms with Crippen LogP contribution < -0.4 is 4.74 Å². The van der Waals surface area contributed by atoms with Crippen molar-refractivity contribution in [1.29, 1.82) is 0 Å². The van der Waals surface area contributed by atoms with E-state index >= 15 is 0 Å². The van der Waals surface area contributed by atoms with Gasteiger partial charge in [-0.2, -0.15) is 0 Å². The van der Waals surface area contributed by atoms with E-state index in [1.165, 1.54) is 11.1 Å². The second kappa shape index (κ2) is 9.17. The maximum absolute atomic E-state index is 10.3. The molecule has 0 radical (unpaired) electrons. The topological polar surface area (TPSA) is 35.9 Å². The van der Waals surface area contributed by atoms with E-state index in [0.29, 0.717) is 13.2 Å². The van der Waals surface area contributed by atoms with Gasteiger partial charge in [0, 0.05) is 39.3 Å². The van der Waals surface area contributed by atoms with Crippen LogP contribution >= 0.6 is 0 Å². The Morgan fingerprint density at radius 1 is 0.923 bits per heavy atom. The van der Waals surface area contributed by atoms with Crippen molar-refractivity contribution < 1.29 is 9.84 Å². The molecule has 4 heteroatoms. The molecule has 2 aromatic carbocycles. The second-order valence-corrected chi connectivity index (χ2v) is 7.29. The van der Waals surface area contributed by atoms with Crippen LogP contribution in [0.25, 0.3) is 0 Å². The lowest BCUT2D eigenvalue weighted by molar-refractivity contribution is 0.0445. The van der Waals surface area contributed by atoms with Crippen LogP contribution in [0.2, 0.25) is 0 Å². The highest BCUT2D eigenvalue weighted by molar-refractivity contribution is 5.31. The summed E-state index contributed by atoms with van der Waals surface area (Å²) in [4.78, 5) is 4.81. The minimum absolute atomic E-state index is 0.342. The minimum Gasteiger partial charge on any atom is -0.491 e.